The number of amides is 2. The Labute approximate surface area is 200 Å². The lowest BCUT2D eigenvalue weighted by Crippen LogP contribution is -2.48. The van der Waals surface area contributed by atoms with Gasteiger partial charge in [-0.05, 0) is 67.9 Å². The zero-order chi connectivity index (χ0) is 24.1. The summed E-state index contributed by atoms with van der Waals surface area (Å²) in [5, 5.41) is 12.4. The number of benzene rings is 2. The van der Waals surface area contributed by atoms with Gasteiger partial charge in [-0.2, -0.15) is 0 Å². The van der Waals surface area contributed by atoms with E-state index in [0.717, 1.165) is 37.7 Å². The molecule has 2 aromatic rings. The van der Waals surface area contributed by atoms with Gasteiger partial charge >= 0.3 is 5.97 Å². The number of esters is 1. The lowest BCUT2D eigenvalue weighted by molar-refractivity contribution is -0.141. The number of nitrogens with zero attached hydrogens (tertiary/aromatic N) is 1. The summed E-state index contributed by atoms with van der Waals surface area (Å²) in [6.07, 6.45) is 3.90. The smallest absolute Gasteiger partial charge is 0.337 e. The molecule has 0 bridgehead atoms. The third-order valence-electron chi connectivity index (χ3n) is 7.21. The monoisotopic (exact) mass is 464 g/mol. The Morgan fingerprint density at radius 3 is 2.26 bits per heavy atom. The van der Waals surface area contributed by atoms with Crippen LogP contribution in [-0.2, 0) is 14.3 Å². The molecule has 7 heteroatoms. The molecule has 34 heavy (non-hydrogen) atoms. The summed E-state index contributed by atoms with van der Waals surface area (Å²) in [7, 11) is 1.32. The number of carbonyl (C=O) groups excluding carboxylic acids is 3. The largest absolute Gasteiger partial charge is 0.465 e. The van der Waals surface area contributed by atoms with E-state index in [2.05, 4.69) is 5.32 Å². The number of ether oxygens (including phenoxy) is 1. The third kappa shape index (κ3) is 5.14. The highest BCUT2D eigenvalue weighted by molar-refractivity contribution is 5.99. The van der Waals surface area contributed by atoms with Crippen LogP contribution in [0.4, 0.5) is 5.69 Å². The molecule has 2 amide bonds. The van der Waals surface area contributed by atoms with Crippen LogP contribution in [0.5, 0.6) is 0 Å². The zero-order valence-corrected chi connectivity index (χ0v) is 19.5. The molecule has 2 N–H and O–H groups in total. The maximum atomic E-state index is 13.5. The number of aliphatic hydroxyl groups is 1. The molecule has 1 saturated heterocycles. The fourth-order valence-corrected chi connectivity index (χ4v) is 5.26. The summed E-state index contributed by atoms with van der Waals surface area (Å²) in [5.74, 6) is -0.553. The second-order valence-electron chi connectivity index (χ2n) is 9.24. The van der Waals surface area contributed by atoms with Gasteiger partial charge in [0, 0.05) is 30.7 Å². The van der Waals surface area contributed by atoms with E-state index >= 15 is 0 Å². The van der Waals surface area contributed by atoms with Gasteiger partial charge in [-0.3, -0.25) is 9.59 Å². The molecule has 2 fully saturated rings. The van der Waals surface area contributed by atoms with Crippen molar-refractivity contribution in [2.24, 2.45) is 11.8 Å². The van der Waals surface area contributed by atoms with Gasteiger partial charge in [-0.1, -0.05) is 30.3 Å². The number of anilines is 1. The number of hydrogen-bond donors (Lipinski definition) is 2. The Kier molecular flexibility index (Phi) is 7.63. The van der Waals surface area contributed by atoms with E-state index in [1.165, 1.54) is 7.11 Å². The van der Waals surface area contributed by atoms with Crippen LogP contribution in [0.1, 0.15) is 53.9 Å². The molecule has 1 aliphatic carbocycles. The first kappa shape index (κ1) is 24.0. The van der Waals surface area contributed by atoms with E-state index in [0.29, 0.717) is 17.8 Å². The molecule has 0 unspecified atom stereocenters. The van der Waals surface area contributed by atoms with Gasteiger partial charge in [-0.15, -0.1) is 0 Å². The van der Waals surface area contributed by atoms with E-state index in [4.69, 9.17) is 4.74 Å². The quantitative estimate of drug-likeness (QED) is 0.637. The van der Waals surface area contributed by atoms with E-state index < -0.39 is 12.0 Å². The van der Waals surface area contributed by atoms with Crippen LogP contribution >= 0.6 is 0 Å². The van der Waals surface area contributed by atoms with Crippen molar-refractivity contribution < 1.29 is 24.2 Å². The van der Waals surface area contributed by atoms with E-state index in [-0.39, 0.29) is 36.2 Å². The van der Waals surface area contributed by atoms with Crippen LogP contribution in [0, 0.1) is 11.8 Å². The second-order valence-corrected chi connectivity index (χ2v) is 9.24. The molecule has 2 aromatic carbocycles. The summed E-state index contributed by atoms with van der Waals surface area (Å²) in [6.45, 7) is 0.707. The van der Waals surface area contributed by atoms with Crippen LogP contribution < -0.4 is 5.32 Å². The molecule has 1 aliphatic heterocycles. The van der Waals surface area contributed by atoms with E-state index in [1.807, 2.05) is 30.3 Å². The van der Waals surface area contributed by atoms with Crippen molar-refractivity contribution in [1.29, 1.82) is 0 Å². The predicted molar refractivity (Wildman–Crippen MR) is 128 cm³/mol. The number of methoxy groups -OCH3 is 1. The molecule has 2 atom stereocenters. The van der Waals surface area contributed by atoms with Crippen molar-refractivity contribution in [2.75, 3.05) is 25.6 Å². The minimum atomic E-state index is -0.606. The standard InChI is InChI=1S/C27H32N2O5/c1-34-27(33)21-11-13-22(14-12-21)28-25(31)24-23(19-5-3-2-4-6-19)15-16-29(24)26(32)20-9-7-18(17-30)8-10-20/h2-6,11-14,18,20,23-24,30H,7-10,15-17H2,1H3,(H,28,31)/t18-,20-,23-,24-/m1/s1. The van der Waals surface area contributed by atoms with Gasteiger partial charge in [-0.25, -0.2) is 4.79 Å². The summed E-state index contributed by atoms with van der Waals surface area (Å²) >= 11 is 0. The molecular formula is C27H32N2O5. The Bertz CT molecular complexity index is 999. The molecule has 180 valence electrons. The second kappa shape index (κ2) is 10.8. The molecule has 7 nitrogen and oxygen atoms in total. The maximum absolute atomic E-state index is 13.5. The van der Waals surface area contributed by atoms with Crippen LogP contribution in [0.15, 0.2) is 54.6 Å². The first-order valence-electron chi connectivity index (χ1n) is 12.0. The summed E-state index contributed by atoms with van der Waals surface area (Å²) < 4.78 is 4.73. The van der Waals surface area contributed by atoms with Crippen molar-refractivity contribution in [1.82, 2.24) is 4.90 Å². The Hall–Kier alpha value is -3.19. The number of hydrogen-bond acceptors (Lipinski definition) is 5. The fraction of sp³-hybridized carbons (Fsp3) is 0.444. The summed E-state index contributed by atoms with van der Waals surface area (Å²) in [5.41, 5.74) is 2.01. The Morgan fingerprint density at radius 1 is 0.971 bits per heavy atom. The topological polar surface area (TPSA) is 95.9 Å². The number of carbonyl (C=O) groups is 3. The molecule has 2 aliphatic rings. The van der Waals surface area contributed by atoms with Crippen molar-refractivity contribution in [3.63, 3.8) is 0 Å². The molecule has 1 saturated carbocycles. The number of nitrogens with one attached hydrogen (secondary N) is 1. The van der Waals surface area contributed by atoms with Crippen LogP contribution in [0.2, 0.25) is 0 Å². The highest BCUT2D eigenvalue weighted by atomic mass is 16.5. The molecule has 1 heterocycles. The average molecular weight is 465 g/mol. The zero-order valence-electron chi connectivity index (χ0n) is 19.5. The minimum Gasteiger partial charge on any atom is -0.465 e. The molecule has 4 rings (SSSR count). The van der Waals surface area contributed by atoms with Gasteiger partial charge in [0.25, 0.3) is 0 Å². The number of rotatable bonds is 6. The minimum absolute atomic E-state index is 0.0380. The van der Waals surface area contributed by atoms with Crippen molar-refractivity contribution in [2.45, 2.75) is 44.1 Å². The van der Waals surface area contributed by atoms with Crippen molar-refractivity contribution in [3.8, 4) is 0 Å². The maximum Gasteiger partial charge on any atom is 0.337 e. The van der Waals surface area contributed by atoms with Gasteiger partial charge in [0.05, 0.1) is 12.7 Å². The molecule has 0 spiro atoms. The van der Waals surface area contributed by atoms with Gasteiger partial charge < -0.3 is 20.1 Å². The Balaban J connectivity index is 1.54. The van der Waals surface area contributed by atoms with Crippen LogP contribution in [0.25, 0.3) is 0 Å². The van der Waals surface area contributed by atoms with Gasteiger partial charge in [0.2, 0.25) is 11.8 Å². The van der Waals surface area contributed by atoms with E-state index in [1.54, 1.807) is 29.2 Å². The third-order valence-corrected chi connectivity index (χ3v) is 7.21. The first-order chi connectivity index (χ1) is 16.5. The Morgan fingerprint density at radius 2 is 1.65 bits per heavy atom. The molecular weight excluding hydrogens is 432 g/mol. The highest BCUT2D eigenvalue weighted by Crippen LogP contribution is 2.37. The summed E-state index contributed by atoms with van der Waals surface area (Å²) in [6, 6.07) is 15.8. The van der Waals surface area contributed by atoms with Crippen LogP contribution in [-0.4, -0.2) is 54.1 Å². The van der Waals surface area contributed by atoms with Crippen LogP contribution in [0.3, 0.4) is 0 Å². The summed E-state index contributed by atoms with van der Waals surface area (Å²) in [4.78, 5) is 40.5. The lowest BCUT2D eigenvalue weighted by Gasteiger charge is -2.33. The predicted octanol–water partition coefficient (Wildman–Crippen LogP) is 3.60. The van der Waals surface area contributed by atoms with Gasteiger partial charge in [0.15, 0.2) is 0 Å². The molecule has 0 radical (unpaired) electrons. The highest BCUT2D eigenvalue weighted by Gasteiger charge is 2.44. The molecule has 0 aromatic heterocycles. The fourth-order valence-electron chi connectivity index (χ4n) is 5.26. The van der Waals surface area contributed by atoms with Crippen molar-refractivity contribution in [3.05, 3.63) is 65.7 Å². The van der Waals surface area contributed by atoms with Gasteiger partial charge in [0.1, 0.15) is 6.04 Å². The average Bonchev–Trinajstić information content (AvgIpc) is 3.34. The van der Waals surface area contributed by atoms with Crippen molar-refractivity contribution >= 4 is 23.5 Å². The normalized spacial score (nSPS) is 24.5. The number of likely N-dealkylation sites (tertiary alicyclic amines) is 1. The lowest BCUT2D eigenvalue weighted by atomic mass is 9.81. The first-order valence-corrected chi connectivity index (χ1v) is 12.0. The SMILES string of the molecule is COC(=O)c1ccc(NC(=O)[C@H]2[C@@H](c3ccccc3)CCN2C(=O)[C@H]2CC[C@H](CO)CC2)cc1. The van der Waals surface area contributed by atoms with E-state index in [9.17, 15) is 19.5 Å². The number of aliphatic hydroxyl groups excluding tert-OH is 1.